The summed E-state index contributed by atoms with van der Waals surface area (Å²) in [5.74, 6) is -0.378. The Bertz CT molecular complexity index is 933. The molecule has 0 saturated carbocycles. The van der Waals surface area contributed by atoms with Gasteiger partial charge in [-0.05, 0) is 38.5 Å². The van der Waals surface area contributed by atoms with Gasteiger partial charge in [-0.2, -0.15) is 0 Å². The molecular formula is C49H97O9P. The number of unbranched alkanes of at least 4 members (excludes halogenated alkanes) is 33. The summed E-state index contributed by atoms with van der Waals surface area (Å²) < 4.78 is 33.5. The predicted octanol–water partition coefficient (Wildman–Crippen LogP) is 14.4. The van der Waals surface area contributed by atoms with Gasteiger partial charge in [0, 0.05) is 13.0 Å². The van der Waals surface area contributed by atoms with Crippen molar-refractivity contribution in [2.75, 3.05) is 33.0 Å². The van der Waals surface area contributed by atoms with Gasteiger partial charge in [-0.3, -0.25) is 13.8 Å². The third kappa shape index (κ3) is 46.5. The fourth-order valence-electron chi connectivity index (χ4n) is 7.35. The average Bonchev–Trinajstić information content (AvgIpc) is 3.23. The molecule has 0 aromatic rings. The topological polar surface area (TPSA) is 132 Å². The van der Waals surface area contributed by atoms with Crippen molar-refractivity contribution in [2.24, 2.45) is 0 Å². The number of phosphoric acid groups is 1. The lowest BCUT2D eigenvalue weighted by Gasteiger charge is -2.20. The molecule has 0 spiro atoms. The molecule has 0 aromatic carbocycles. The highest BCUT2D eigenvalue weighted by Gasteiger charge is 2.26. The number of carbonyl (C=O) groups excluding carboxylic acids is 1. The van der Waals surface area contributed by atoms with Crippen LogP contribution in [0.15, 0.2) is 12.2 Å². The standard InChI is InChI=1S/C49H97O9P/c1-3-5-7-9-11-13-15-17-19-21-22-23-24-25-27-29-31-33-35-37-39-41-49(52)58-48(46-57-59(53,54)56-44-47(51)43-50)45-55-42-40-38-36-34-32-30-28-26-20-18-16-14-12-10-8-6-4-2/h20,26,47-48,50-51H,3-19,21-25,27-46H2,1-2H3,(H,53,54)/b26-20-. The van der Waals surface area contributed by atoms with Gasteiger partial charge < -0.3 is 24.6 Å². The SMILES string of the molecule is CCCCCCCCC/C=C\CCCCCCCCOCC(COP(=O)(O)OCC(O)CO)OC(=O)CCCCCCCCCCCCCCCCCCCCCCC. The van der Waals surface area contributed by atoms with Crippen LogP contribution >= 0.6 is 7.82 Å². The summed E-state index contributed by atoms with van der Waals surface area (Å²) in [6.45, 7) is 3.56. The summed E-state index contributed by atoms with van der Waals surface area (Å²) in [7, 11) is -4.52. The minimum absolute atomic E-state index is 0.0511. The van der Waals surface area contributed by atoms with Crippen molar-refractivity contribution in [3.8, 4) is 0 Å². The third-order valence-corrected chi connectivity index (χ3v) is 12.2. The minimum atomic E-state index is -4.52. The summed E-state index contributed by atoms with van der Waals surface area (Å²) in [4.78, 5) is 22.7. The number of ether oxygens (including phenoxy) is 2. The van der Waals surface area contributed by atoms with E-state index in [0.29, 0.717) is 6.61 Å². The van der Waals surface area contributed by atoms with Gasteiger partial charge in [-0.1, -0.05) is 219 Å². The second-order valence-electron chi connectivity index (χ2n) is 17.2. The van der Waals surface area contributed by atoms with Crippen molar-refractivity contribution in [1.82, 2.24) is 0 Å². The Morgan fingerprint density at radius 3 is 1.27 bits per heavy atom. The Kier molecular flexibility index (Phi) is 46.1. The largest absolute Gasteiger partial charge is 0.472 e. The molecule has 0 saturated heterocycles. The van der Waals surface area contributed by atoms with E-state index in [1.54, 1.807) is 0 Å². The van der Waals surface area contributed by atoms with E-state index in [0.717, 1.165) is 44.9 Å². The maximum atomic E-state index is 12.7. The van der Waals surface area contributed by atoms with Crippen LogP contribution in [0.25, 0.3) is 0 Å². The highest BCUT2D eigenvalue weighted by molar-refractivity contribution is 7.47. The van der Waals surface area contributed by atoms with E-state index >= 15 is 0 Å². The number of allylic oxidation sites excluding steroid dienone is 2. The number of hydrogen-bond acceptors (Lipinski definition) is 8. The zero-order valence-electron chi connectivity index (χ0n) is 38.7. The first-order valence-corrected chi connectivity index (χ1v) is 26.7. The Morgan fingerprint density at radius 2 is 0.864 bits per heavy atom. The molecule has 0 amide bonds. The Balaban J connectivity index is 4.05. The van der Waals surface area contributed by atoms with Crippen LogP contribution in [0.2, 0.25) is 0 Å². The zero-order chi connectivity index (χ0) is 43.2. The number of aliphatic hydroxyl groups is 2. The van der Waals surface area contributed by atoms with Crippen LogP contribution in [-0.4, -0.2) is 66.3 Å². The molecule has 0 aliphatic rings. The van der Waals surface area contributed by atoms with Gasteiger partial charge in [0.15, 0.2) is 0 Å². The molecule has 3 unspecified atom stereocenters. The molecule has 9 nitrogen and oxygen atoms in total. The molecule has 0 aliphatic heterocycles. The highest BCUT2D eigenvalue weighted by atomic mass is 31.2. The summed E-state index contributed by atoms with van der Waals surface area (Å²) in [5.41, 5.74) is 0. The molecule has 0 aliphatic carbocycles. The van der Waals surface area contributed by atoms with E-state index in [9.17, 15) is 19.4 Å². The van der Waals surface area contributed by atoms with Crippen molar-refractivity contribution >= 4 is 13.8 Å². The van der Waals surface area contributed by atoms with Crippen LogP contribution in [0.5, 0.6) is 0 Å². The van der Waals surface area contributed by atoms with Crippen molar-refractivity contribution in [3.05, 3.63) is 12.2 Å². The van der Waals surface area contributed by atoms with Crippen molar-refractivity contribution in [1.29, 1.82) is 0 Å². The molecule has 0 radical (unpaired) electrons. The van der Waals surface area contributed by atoms with Crippen LogP contribution in [0.4, 0.5) is 0 Å². The first-order chi connectivity index (χ1) is 28.8. The molecule has 0 rings (SSSR count). The van der Waals surface area contributed by atoms with E-state index in [4.69, 9.17) is 23.6 Å². The second kappa shape index (κ2) is 46.7. The van der Waals surface area contributed by atoms with Crippen molar-refractivity contribution in [2.45, 2.75) is 264 Å². The third-order valence-electron chi connectivity index (χ3n) is 11.2. The minimum Gasteiger partial charge on any atom is -0.457 e. The van der Waals surface area contributed by atoms with Gasteiger partial charge in [0.05, 0.1) is 26.4 Å². The van der Waals surface area contributed by atoms with Gasteiger partial charge in [-0.25, -0.2) is 4.57 Å². The Hall–Kier alpha value is -0.800. The molecule has 0 fully saturated rings. The summed E-state index contributed by atoms with van der Waals surface area (Å²) >= 11 is 0. The number of rotatable bonds is 49. The number of esters is 1. The quantitative estimate of drug-likeness (QED) is 0.0237. The van der Waals surface area contributed by atoms with Gasteiger partial charge in [0.25, 0.3) is 0 Å². The average molecular weight is 861 g/mol. The lowest BCUT2D eigenvalue weighted by molar-refractivity contribution is -0.154. The number of hydrogen-bond donors (Lipinski definition) is 3. The summed E-state index contributed by atoms with van der Waals surface area (Å²) in [5, 5.41) is 18.4. The summed E-state index contributed by atoms with van der Waals surface area (Å²) in [6.07, 6.45) is 48.9. The number of aliphatic hydroxyl groups excluding tert-OH is 2. The molecule has 0 bridgehead atoms. The normalized spacial score (nSPS) is 13.9. The zero-order valence-corrected chi connectivity index (χ0v) is 39.6. The molecule has 352 valence electrons. The van der Waals surface area contributed by atoms with Gasteiger partial charge in [0.1, 0.15) is 12.2 Å². The molecule has 0 aromatic heterocycles. The first-order valence-electron chi connectivity index (χ1n) is 25.2. The van der Waals surface area contributed by atoms with E-state index < -0.39 is 33.2 Å². The maximum Gasteiger partial charge on any atom is 0.472 e. The lowest BCUT2D eigenvalue weighted by Crippen LogP contribution is -2.29. The monoisotopic (exact) mass is 861 g/mol. The van der Waals surface area contributed by atoms with Crippen LogP contribution in [0, 0.1) is 0 Å². The molecule has 10 heteroatoms. The first kappa shape index (κ1) is 58.2. The highest BCUT2D eigenvalue weighted by Crippen LogP contribution is 2.43. The Morgan fingerprint density at radius 1 is 0.508 bits per heavy atom. The van der Waals surface area contributed by atoms with E-state index in [1.165, 1.54) is 186 Å². The van der Waals surface area contributed by atoms with E-state index in [2.05, 4.69) is 26.0 Å². The molecule has 3 atom stereocenters. The van der Waals surface area contributed by atoms with Crippen LogP contribution in [0.3, 0.4) is 0 Å². The van der Waals surface area contributed by atoms with E-state index in [1.807, 2.05) is 0 Å². The molecular weight excluding hydrogens is 764 g/mol. The Labute approximate surface area is 364 Å². The molecule has 3 N–H and O–H groups in total. The lowest BCUT2D eigenvalue weighted by atomic mass is 10.0. The maximum absolute atomic E-state index is 12.7. The molecule has 59 heavy (non-hydrogen) atoms. The molecule has 0 heterocycles. The second-order valence-corrected chi connectivity index (χ2v) is 18.6. The van der Waals surface area contributed by atoms with Crippen LogP contribution in [0.1, 0.15) is 251 Å². The fraction of sp³-hybridized carbons (Fsp3) is 0.939. The van der Waals surface area contributed by atoms with Crippen LogP contribution < -0.4 is 0 Å². The smallest absolute Gasteiger partial charge is 0.457 e. The number of phosphoric ester groups is 1. The van der Waals surface area contributed by atoms with Gasteiger partial charge >= 0.3 is 13.8 Å². The van der Waals surface area contributed by atoms with Crippen molar-refractivity contribution in [3.63, 3.8) is 0 Å². The number of carbonyl (C=O) groups is 1. The van der Waals surface area contributed by atoms with Gasteiger partial charge in [0.2, 0.25) is 0 Å². The van der Waals surface area contributed by atoms with Gasteiger partial charge in [-0.15, -0.1) is 0 Å². The summed E-state index contributed by atoms with van der Waals surface area (Å²) in [6, 6.07) is 0. The van der Waals surface area contributed by atoms with Crippen molar-refractivity contribution < 1.29 is 43.0 Å². The van der Waals surface area contributed by atoms with E-state index in [-0.39, 0.29) is 25.6 Å². The fourth-order valence-corrected chi connectivity index (χ4v) is 8.14. The predicted molar refractivity (Wildman–Crippen MR) is 247 cm³/mol. The van der Waals surface area contributed by atoms with Crippen LogP contribution in [-0.2, 0) is 27.9 Å².